The Bertz CT molecular complexity index is 1060. The Kier molecular flexibility index (Phi) is 6.18. The number of nitrogens with one attached hydrogen (secondary N) is 1. The van der Waals surface area contributed by atoms with E-state index in [0.29, 0.717) is 18.7 Å². The molecule has 1 heterocycles. The minimum atomic E-state index is -3.70. The molecule has 0 aliphatic heterocycles. The first-order valence-corrected chi connectivity index (χ1v) is 11.2. The summed E-state index contributed by atoms with van der Waals surface area (Å²) in [7, 11) is -3.70. The fourth-order valence-electron chi connectivity index (χ4n) is 2.72. The number of sulfonamides is 1. The third kappa shape index (κ3) is 4.61. The highest BCUT2D eigenvalue weighted by Crippen LogP contribution is 2.21. The first-order chi connectivity index (χ1) is 13.4. The third-order valence-corrected chi connectivity index (χ3v) is 5.69. The van der Waals surface area contributed by atoms with E-state index in [1.54, 1.807) is 18.3 Å². The lowest BCUT2D eigenvalue weighted by Gasteiger charge is -2.11. The van der Waals surface area contributed by atoms with Crippen molar-refractivity contribution >= 4 is 27.7 Å². The molecule has 3 N–H and O–H groups in total. The van der Waals surface area contributed by atoms with Crippen LogP contribution in [-0.2, 0) is 16.4 Å². The molecule has 0 spiro atoms. The van der Waals surface area contributed by atoms with Crippen LogP contribution >= 0.6 is 11.8 Å². The van der Waals surface area contributed by atoms with Crippen LogP contribution in [0.5, 0.6) is 0 Å². The molecule has 3 aromatic rings. The Morgan fingerprint density at radius 1 is 1.14 bits per heavy atom. The lowest BCUT2D eigenvalue weighted by molar-refractivity contribution is 0.0946. The second-order valence-electron chi connectivity index (χ2n) is 6.00. The molecule has 0 fully saturated rings. The maximum absolute atomic E-state index is 12.7. The number of thioether (sulfide) groups is 1. The third-order valence-electron chi connectivity index (χ3n) is 4.11. The molecule has 0 aliphatic rings. The summed E-state index contributed by atoms with van der Waals surface area (Å²) < 4.78 is 24.4. The van der Waals surface area contributed by atoms with E-state index in [1.165, 1.54) is 23.9 Å². The van der Waals surface area contributed by atoms with Gasteiger partial charge in [-0.25, -0.2) is 18.5 Å². The lowest BCUT2D eigenvalue weighted by Crippen LogP contribution is -2.27. The largest absolute Gasteiger partial charge is 0.350 e. The predicted octanol–water partition coefficient (Wildman–Crippen LogP) is 2.21. The van der Waals surface area contributed by atoms with Crippen LogP contribution < -0.4 is 10.5 Å². The summed E-state index contributed by atoms with van der Waals surface area (Å²) in [5, 5.41) is 8.71. The molecular weight excluding hydrogens is 396 g/mol. The van der Waals surface area contributed by atoms with E-state index in [9.17, 15) is 13.2 Å². The van der Waals surface area contributed by atoms with Crippen LogP contribution in [0.25, 0.3) is 5.69 Å². The molecule has 146 valence electrons. The molecule has 0 atom stereocenters. The van der Waals surface area contributed by atoms with Crippen LogP contribution in [-0.4, -0.2) is 36.7 Å². The van der Waals surface area contributed by atoms with E-state index in [4.69, 9.17) is 5.14 Å². The maximum atomic E-state index is 12.7. The number of carbonyl (C=O) groups is 1. The van der Waals surface area contributed by atoms with E-state index < -0.39 is 10.0 Å². The lowest BCUT2D eigenvalue weighted by atomic mass is 10.1. The number of carbonyl (C=O) groups excluding carboxylic acids is 1. The summed E-state index contributed by atoms with van der Waals surface area (Å²) in [4.78, 5) is 17.1. The number of hydrogen-bond donors (Lipinski definition) is 2. The highest BCUT2D eigenvalue weighted by atomic mass is 32.2. The van der Waals surface area contributed by atoms with Crippen LogP contribution in [0.2, 0.25) is 0 Å². The molecule has 0 saturated heterocycles. The summed E-state index contributed by atoms with van der Waals surface area (Å²) in [5.41, 5.74) is 2.22. The molecule has 0 aliphatic carbocycles. The van der Waals surface area contributed by atoms with Crippen molar-refractivity contribution in [1.29, 1.82) is 0 Å². The molecule has 2 aromatic carbocycles. The maximum Gasteiger partial charge on any atom is 0.269 e. The number of imidazole rings is 1. The molecule has 1 aromatic heterocycles. The van der Waals surface area contributed by atoms with E-state index in [1.807, 2.05) is 41.2 Å². The Hall–Kier alpha value is -2.62. The van der Waals surface area contributed by atoms with Crippen LogP contribution in [0, 0.1) is 0 Å². The van der Waals surface area contributed by atoms with Gasteiger partial charge in [-0.15, -0.1) is 0 Å². The van der Waals surface area contributed by atoms with Gasteiger partial charge in [-0.1, -0.05) is 42.1 Å². The molecule has 3 rings (SSSR count). The predicted molar refractivity (Wildman–Crippen MR) is 109 cm³/mol. The van der Waals surface area contributed by atoms with E-state index >= 15 is 0 Å². The van der Waals surface area contributed by atoms with Crippen LogP contribution in [0.3, 0.4) is 0 Å². The zero-order valence-electron chi connectivity index (χ0n) is 15.2. The summed E-state index contributed by atoms with van der Waals surface area (Å²) in [6, 6.07) is 15.9. The molecule has 9 heteroatoms. The quantitative estimate of drug-likeness (QED) is 0.574. The number of nitrogens with zero attached hydrogens (tertiary/aromatic N) is 2. The van der Waals surface area contributed by atoms with E-state index in [0.717, 1.165) is 16.4 Å². The highest BCUT2D eigenvalue weighted by Gasteiger charge is 2.17. The number of primary sulfonamides is 1. The van der Waals surface area contributed by atoms with Crippen molar-refractivity contribution in [2.75, 3.05) is 12.8 Å². The van der Waals surface area contributed by atoms with Crippen molar-refractivity contribution in [3.63, 3.8) is 0 Å². The molecule has 0 unspecified atom stereocenters. The van der Waals surface area contributed by atoms with E-state index in [2.05, 4.69) is 10.3 Å². The smallest absolute Gasteiger partial charge is 0.269 e. The molecule has 0 bridgehead atoms. The second-order valence-corrected chi connectivity index (χ2v) is 8.33. The zero-order valence-corrected chi connectivity index (χ0v) is 16.8. The molecule has 0 radical (unpaired) electrons. The van der Waals surface area contributed by atoms with Gasteiger partial charge in [0.1, 0.15) is 5.69 Å². The number of benzene rings is 2. The van der Waals surface area contributed by atoms with Crippen molar-refractivity contribution in [3.05, 3.63) is 72.1 Å². The molecule has 0 saturated carbocycles. The minimum Gasteiger partial charge on any atom is -0.350 e. The molecule has 7 nitrogen and oxygen atoms in total. The Labute approximate surface area is 168 Å². The van der Waals surface area contributed by atoms with Gasteiger partial charge in [0, 0.05) is 12.2 Å². The van der Waals surface area contributed by atoms with Gasteiger partial charge in [0.2, 0.25) is 10.0 Å². The van der Waals surface area contributed by atoms with Crippen LogP contribution in [0.15, 0.2) is 70.8 Å². The van der Waals surface area contributed by atoms with Gasteiger partial charge in [-0.2, -0.15) is 0 Å². The van der Waals surface area contributed by atoms with Gasteiger partial charge >= 0.3 is 0 Å². The van der Waals surface area contributed by atoms with Crippen molar-refractivity contribution in [2.45, 2.75) is 16.5 Å². The average molecular weight is 417 g/mol. The molecule has 1 amide bonds. The van der Waals surface area contributed by atoms with Gasteiger partial charge in [-0.05, 0) is 42.5 Å². The number of nitrogens with two attached hydrogens (primary N) is 1. The highest BCUT2D eigenvalue weighted by molar-refractivity contribution is 7.98. The van der Waals surface area contributed by atoms with Gasteiger partial charge in [0.15, 0.2) is 5.16 Å². The zero-order chi connectivity index (χ0) is 20.1. The van der Waals surface area contributed by atoms with Crippen molar-refractivity contribution in [3.8, 4) is 5.69 Å². The van der Waals surface area contributed by atoms with Gasteiger partial charge < -0.3 is 5.32 Å². The first kappa shape index (κ1) is 20.1. The van der Waals surface area contributed by atoms with Crippen molar-refractivity contribution in [1.82, 2.24) is 14.9 Å². The first-order valence-electron chi connectivity index (χ1n) is 8.47. The number of hydrogen-bond acceptors (Lipinski definition) is 5. The summed E-state index contributed by atoms with van der Waals surface area (Å²) >= 11 is 1.47. The Balaban J connectivity index is 1.68. The van der Waals surface area contributed by atoms with Gasteiger partial charge in [-0.3, -0.25) is 9.36 Å². The fraction of sp³-hybridized carbons (Fsp3) is 0.158. The standard InChI is InChI=1S/C19H20N4O3S2/c1-27-19-22-13-17(23(19)15-5-3-2-4-6-15)18(24)21-12-11-14-7-9-16(10-8-14)28(20,25)26/h2-10,13H,11-12H2,1H3,(H,21,24)(H2,20,25,26). The Morgan fingerprint density at radius 2 is 1.82 bits per heavy atom. The molecular formula is C19H20N4O3S2. The average Bonchev–Trinajstić information content (AvgIpc) is 3.12. The summed E-state index contributed by atoms with van der Waals surface area (Å²) in [5.74, 6) is -0.224. The SMILES string of the molecule is CSc1ncc(C(=O)NCCc2ccc(S(N)(=O)=O)cc2)n1-c1ccccc1. The summed E-state index contributed by atoms with van der Waals surface area (Å²) in [6.07, 6.45) is 4.04. The Morgan fingerprint density at radius 3 is 2.43 bits per heavy atom. The van der Waals surface area contributed by atoms with E-state index in [-0.39, 0.29) is 10.8 Å². The number of para-hydroxylation sites is 1. The summed E-state index contributed by atoms with van der Waals surface area (Å²) in [6.45, 7) is 0.405. The number of rotatable bonds is 7. The number of aromatic nitrogens is 2. The van der Waals surface area contributed by atoms with Crippen molar-refractivity contribution < 1.29 is 13.2 Å². The normalized spacial score (nSPS) is 11.4. The monoisotopic (exact) mass is 416 g/mol. The molecule has 28 heavy (non-hydrogen) atoms. The topological polar surface area (TPSA) is 107 Å². The van der Waals surface area contributed by atoms with Gasteiger partial charge in [0.25, 0.3) is 5.91 Å². The second kappa shape index (κ2) is 8.59. The fourth-order valence-corrected chi connectivity index (χ4v) is 3.78. The van der Waals surface area contributed by atoms with Crippen LogP contribution in [0.4, 0.5) is 0 Å². The number of amides is 1. The van der Waals surface area contributed by atoms with Crippen LogP contribution in [0.1, 0.15) is 16.1 Å². The van der Waals surface area contributed by atoms with Gasteiger partial charge in [0.05, 0.1) is 11.1 Å². The van der Waals surface area contributed by atoms with Crippen molar-refractivity contribution in [2.24, 2.45) is 5.14 Å². The minimum absolute atomic E-state index is 0.0663.